The predicted molar refractivity (Wildman–Crippen MR) is 105 cm³/mol. The number of hydrogen-bond donors (Lipinski definition) is 1. The molecular weight excluding hydrogens is 364 g/mol. The standard InChI is InChI=1S/C20H22N2O4S/c1-26-19-11-10-17(27(24,25)22-13-5-6-14-22)15-18(19)21-20(23)12-9-16-7-3-2-4-8-16/h2-4,7-12,15H,5-6,13-14H2,1H3,(H,21,23)/b12-9+. The van der Waals surface area contributed by atoms with Crippen LogP contribution in [0.25, 0.3) is 6.08 Å². The molecule has 0 aliphatic carbocycles. The van der Waals surface area contributed by atoms with Crippen molar-refractivity contribution < 1.29 is 17.9 Å². The number of sulfonamides is 1. The lowest BCUT2D eigenvalue weighted by atomic mass is 10.2. The number of nitrogens with one attached hydrogen (secondary N) is 1. The molecule has 0 bridgehead atoms. The normalized spacial score (nSPS) is 15.1. The van der Waals surface area contributed by atoms with Crippen LogP contribution in [0.2, 0.25) is 0 Å². The second-order valence-electron chi connectivity index (χ2n) is 6.21. The highest BCUT2D eigenvalue weighted by Gasteiger charge is 2.27. The first-order valence-corrected chi connectivity index (χ1v) is 10.2. The van der Waals surface area contributed by atoms with E-state index in [-0.39, 0.29) is 10.8 Å². The molecule has 2 aromatic rings. The summed E-state index contributed by atoms with van der Waals surface area (Å²) in [6.45, 7) is 1.05. The number of anilines is 1. The molecule has 142 valence electrons. The molecule has 0 spiro atoms. The molecule has 1 N–H and O–H groups in total. The molecular formula is C20H22N2O4S. The van der Waals surface area contributed by atoms with Crippen molar-refractivity contribution in [2.45, 2.75) is 17.7 Å². The monoisotopic (exact) mass is 386 g/mol. The summed E-state index contributed by atoms with van der Waals surface area (Å²) < 4.78 is 32.2. The fourth-order valence-corrected chi connectivity index (χ4v) is 4.48. The Morgan fingerprint density at radius 1 is 1.11 bits per heavy atom. The van der Waals surface area contributed by atoms with Crippen LogP contribution in [0.1, 0.15) is 18.4 Å². The van der Waals surface area contributed by atoms with E-state index in [1.54, 1.807) is 12.1 Å². The van der Waals surface area contributed by atoms with Gasteiger partial charge in [-0.3, -0.25) is 4.79 Å². The number of rotatable bonds is 6. The van der Waals surface area contributed by atoms with E-state index in [1.165, 1.54) is 29.6 Å². The molecule has 1 heterocycles. The van der Waals surface area contributed by atoms with E-state index in [2.05, 4.69) is 5.32 Å². The average Bonchev–Trinajstić information content (AvgIpc) is 3.23. The van der Waals surface area contributed by atoms with Crippen molar-refractivity contribution in [3.05, 3.63) is 60.2 Å². The van der Waals surface area contributed by atoms with Crippen LogP contribution >= 0.6 is 0 Å². The van der Waals surface area contributed by atoms with Gasteiger partial charge in [-0.2, -0.15) is 4.31 Å². The third kappa shape index (κ3) is 4.56. The molecule has 6 nitrogen and oxygen atoms in total. The van der Waals surface area contributed by atoms with Gasteiger partial charge in [0, 0.05) is 19.2 Å². The Labute approximate surface area is 159 Å². The fraction of sp³-hybridized carbons (Fsp3) is 0.250. The maximum atomic E-state index is 12.7. The van der Waals surface area contributed by atoms with Crippen molar-refractivity contribution in [2.24, 2.45) is 0 Å². The van der Waals surface area contributed by atoms with Gasteiger partial charge in [-0.1, -0.05) is 30.3 Å². The van der Waals surface area contributed by atoms with Gasteiger partial charge in [-0.25, -0.2) is 8.42 Å². The van der Waals surface area contributed by atoms with Crippen molar-refractivity contribution >= 4 is 27.7 Å². The summed E-state index contributed by atoms with van der Waals surface area (Å²) in [5, 5.41) is 2.70. The maximum absolute atomic E-state index is 12.7. The molecule has 1 saturated heterocycles. The molecule has 1 amide bonds. The van der Waals surface area contributed by atoms with Crippen molar-refractivity contribution in [1.82, 2.24) is 4.31 Å². The molecule has 1 fully saturated rings. The van der Waals surface area contributed by atoms with Crippen molar-refractivity contribution in [2.75, 3.05) is 25.5 Å². The SMILES string of the molecule is COc1ccc(S(=O)(=O)N2CCCC2)cc1NC(=O)/C=C/c1ccccc1. The number of carbonyl (C=O) groups excluding carboxylic acids is 1. The zero-order valence-corrected chi connectivity index (χ0v) is 15.9. The van der Waals surface area contributed by atoms with E-state index in [1.807, 2.05) is 30.3 Å². The molecule has 0 aromatic heterocycles. The van der Waals surface area contributed by atoms with Crippen LogP contribution in [0.5, 0.6) is 5.75 Å². The number of hydrogen-bond acceptors (Lipinski definition) is 4. The van der Waals surface area contributed by atoms with Crippen LogP contribution in [0.3, 0.4) is 0 Å². The summed E-state index contributed by atoms with van der Waals surface area (Å²) in [7, 11) is -2.10. The third-order valence-electron chi connectivity index (χ3n) is 4.36. The molecule has 0 unspecified atom stereocenters. The Kier molecular flexibility index (Phi) is 5.93. The average molecular weight is 386 g/mol. The Hall–Kier alpha value is -2.64. The number of ether oxygens (including phenoxy) is 1. The molecule has 0 radical (unpaired) electrons. The van der Waals surface area contributed by atoms with Crippen molar-refractivity contribution in [3.63, 3.8) is 0 Å². The zero-order valence-electron chi connectivity index (χ0n) is 15.1. The van der Waals surface area contributed by atoms with Crippen molar-refractivity contribution in [3.8, 4) is 5.75 Å². The molecule has 0 atom stereocenters. The van der Waals surface area contributed by atoms with Crippen LogP contribution in [0.4, 0.5) is 5.69 Å². The van der Waals surface area contributed by atoms with Gasteiger partial charge in [0.2, 0.25) is 15.9 Å². The summed E-state index contributed by atoms with van der Waals surface area (Å²) in [6.07, 6.45) is 4.82. The van der Waals surface area contributed by atoms with Crippen LogP contribution in [-0.2, 0) is 14.8 Å². The van der Waals surface area contributed by atoms with Gasteiger partial charge < -0.3 is 10.1 Å². The first kappa shape index (κ1) is 19.1. The summed E-state index contributed by atoms with van der Waals surface area (Å²) >= 11 is 0. The maximum Gasteiger partial charge on any atom is 0.248 e. The van der Waals surface area contributed by atoms with Crippen LogP contribution in [0.15, 0.2) is 59.5 Å². The Bertz CT molecular complexity index is 934. The van der Waals surface area contributed by atoms with Gasteiger partial charge in [-0.15, -0.1) is 0 Å². The molecule has 1 aliphatic heterocycles. The summed E-state index contributed by atoms with van der Waals surface area (Å²) in [6, 6.07) is 13.9. The van der Waals surface area contributed by atoms with E-state index in [9.17, 15) is 13.2 Å². The molecule has 1 aliphatic rings. The molecule has 27 heavy (non-hydrogen) atoms. The van der Waals surface area contributed by atoms with Crippen LogP contribution in [0, 0.1) is 0 Å². The summed E-state index contributed by atoms with van der Waals surface area (Å²) in [5.74, 6) is 0.0321. The highest BCUT2D eigenvalue weighted by Crippen LogP contribution is 2.30. The summed E-state index contributed by atoms with van der Waals surface area (Å²) in [4.78, 5) is 12.4. The number of benzene rings is 2. The topological polar surface area (TPSA) is 75.7 Å². The molecule has 2 aromatic carbocycles. The van der Waals surface area contributed by atoms with E-state index in [0.29, 0.717) is 24.5 Å². The molecule has 3 rings (SSSR count). The lowest BCUT2D eigenvalue weighted by Crippen LogP contribution is -2.28. The first-order chi connectivity index (χ1) is 13.0. The first-order valence-electron chi connectivity index (χ1n) is 8.73. The summed E-state index contributed by atoms with van der Waals surface area (Å²) in [5.41, 5.74) is 1.21. The minimum absolute atomic E-state index is 0.146. The Balaban J connectivity index is 1.81. The number of amides is 1. The van der Waals surface area contributed by atoms with Crippen LogP contribution < -0.4 is 10.1 Å². The zero-order chi connectivity index (χ0) is 19.3. The Morgan fingerprint density at radius 3 is 2.48 bits per heavy atom. The van der Waals surface area contributed by atoms with Gasteiger partial charge in [0.1, 0.15) is 5.75 Å². The minimum atomic E-state index is -3.57. The number of methoxy groups -OCH3 is 1. The van der Waals surface area contributed by atoms with Gasteiger partial charge in [0.15, 0.2) is 0 Å². The number of carbonyl (C=O) groups is 1. The smallest absolute Gasteiger partial charge is 0.248 e. The minimum Gasteiger partial charge on any atom is -0.495 e. The fourth-order valence-electron chi connectivity index (χ4n) is 2.93. The predicted octanol–water partition coefficient (Wildman–Crippen LogP) is 3.13. The second-order valence-corrected chi connectivity index (χ2v) is 8.14. The largest absolute Gasteiger partial charge is 0.495 e. The molecule has 7 heteroatoms. The van der Waals surface area contributed by atoms with Gasteiger partial charge in [0.05, 0.1) is 17.7 Å². The highest BCUT2D eigenvalue weighted by atomic mass is 32.2. The van der Waals surface area contributed by atoms with E-state index in [0.717, 1.165) is 18.4 Å². The highest BCUT2D eigenvalue weighted by molar-refractivity contribution is 7.89. The number of nitrogens with zero attached hydrogens (tertiary/aromatic N) is 1. The van der Waals surface area contributed by atoms with Crippen LogP contribution in [-0.4, -0.2) is 38.8 Å². The van der Waals surface area contributed by atoms with Crippen molar-refractivity contribution in [1.29, 1.82) is 0 Å². The second kappa shape index (κ2) is 8.37. The molecule has 0 saturated carbocycles. The quantitative estimate of drug-likeness (QED) is 0.774. The van der Waals surface area contributed by atoms with E-state index < -0.39 is 10.0 Å². The third-order valence-corrected chi connectivity index (χ3v) is 6.25. The van der Waals surface area contributed by atoms with Gasteiger partial charge in [-0.05, 0) is 42.7 Å². The van der Waals surface area contributed by atoms with E-state index in [4.69, 9.17) is 4.74 Å². The van der Waals surface area contributed by atoms with E-state index >= 15 is 0 Å². The Morgan fingerprint density at radius 2 is 1.81 bits per heavy atom. The lowest BCUT2D eigenvalue weighted by Gasteiger charge is -2.17. The van der Waals surface area contributed by atoms with Gasteiger partial charge in [0.25, 0.3) is 0 Å². The lowest BCUT2D eigenvalue weighted by molar-refractivity contribution is -0.111. The van der Waals surface area contributed by atoms with Gasteiger partial charge >= 0.3 is 0 Å².